The molecule has 0 saturated carbocycles. The van der Waals surface area contributed by atoms with E-state index in [1.165, 1.54) is 11.1 Å². The van der Waals surface area contributed by atoms with Crippen molar-refractivity contribution in [2.75, 3.05) is 14.2 Å². The van der Waals surface area contributed by atoms with E-state index >= 15 is 0 Å². The molecule has 114 valence electrons. The fourth-order valence-corrected chi connectivity index (χ4v) is 2.12. The first-order valence-corrected chi connectivity index (χ1v) is 6.74. The highest BCUT2D eigenvalue weighted by atomic mass is 35.5. The summed E-state index contributed by atoms with van der Waals surface area (Å²) in [6.07, 6.45) is 0. The lowest BCUT2D eigenvalue weighted by Gasteiger charge is -2.15. The van der Waals surface area contributed by atoms with E-state index < -0.39 is 0 Å². The molecule has 1 atom stereocenters. The zero-order chi connectivity index (χ0) is 14.4. The van der Waals surface area contributed by atoms with Gasteiger partial charge in [-0.3, -0.25) is 0 Å². The van der Waals surface area contributed by atoms with Crippen LogP contribution in [-0.4, -0.2) is 14.2 Å². The molecule has 0 spiro atoms. The average Bonchev–Trinajstić information content (AvgIpc) is 2.53. The fourth-order valence-electron chi connectivity index (χ4n) is 2.12. The van der Waals surface area contributed by atoms with E-state index in [2.05, 4.69) is 36.5 Å². The van der Waals surface area contributed by atoms with Crippen LogP contribution in [0, 0.1) is 0 Å². The molecule has 0 saturated heterocycles. The van der Waals surface area contributed by atoms with E-state index in [-0.39, 0.29) is 12.4 Å². The molecule has 3 nitrogen and oxygen atoms in total. The topological polar surface area (TPSA) is 30.5 Å². The second-order valence-electron chi connectivity index (χ2n) is 4.70. The Balaban J connectivity index is 0.00000220. The van der Waals surface area contributed by atoms with Gasteiger partial charge in [-0.05, 0) is 30.2 Å². The molecule has 0 bridgehead atoms. The van der Waals surface area contributed by atoms with Gasteiger partial charge in [-0.2, -0.15) is 0 Å². The van der Waals surface area contributed by atoms with Crippen molar-refractivity contribution in [3.05, 3.63) is 59.7 Å². The highest BCUT2D eigenvalue weighted by Gasteiger charge is 2.07. The second kappa shape index (κ2) is 8.55. The molecular weight excluding hydrogens is 286 g/mol. The molecule has 0 aliphatic rings. The fraction of sp³-hybridized carbons (Fsp3) is 0.294. The summed E-state index contributed by atoms with van der Waals surface area (Å²) < 4.78 is 10.6. The van der Waals surface area contributed by atoms with Crippen molar-refractivity contribution in [2.24, 2.45) is 0 Å². The Hall–Kier alpha value is -1.71. The van der Waals surface area contributed by atoms with Crippen molar-refractivity contribution in [2.45, 2.75) is 19.5 Å². The molecule has 0 fully saturated rings. The lowest BCUT2D eigenvalue weighted by Crippen LogP contribution is -2.18. The lowest BCUT2D eigenvalue weighted by atomic mass is 10.1. The van der Waals surface area contributed by atoms with E-state index in [9.17, 15) is 0 Å². The molecule has 0 amide bonds. The van der Waals surface area contributed by atoms with E-state index in [1.54, 1.807) is 14.2 Å². The van der Waals surface area contributed by atoms with Gasteiger partial charge in [-0.1, -0.05) is 36.4 Å². The third-order valence-electron chi connectivity index (χ3n) is 3.36. The normalized spacial score (nSPS) is 11.4. The summed E-state index contributed by atoms with van der Waals surface area (Å²) in [7, 11) is 3.30. The van der Waals surface area contributed by atoms with Crippen LogP contribution >= 0.6 is 12.4 Å². The van der Waals surface area contributed by atoms with E-state index in [0.29, 0.717) is 6.04 Å². The van der Waals surface area contributed by atoms with Crippen molar-refractivity contribution in [1.29, 1.82) is 0 Å². The van der Waals surface area contributed by atoms with Crippen LogP contribution in [0.3, 0.4) is 0 Å². The van der Waals surface area contributed by atoms with Gasteiger partial charge in [0.15, 0.2) is 11.5 Å². The van der Waals surface area contributed by atoms with Crippen LogP contribution in [0.15, 0.2) is 48.5 Å². The number of halogens is 1. The van der Waals surface area contributed by atoms with Gasteiger partial charge in [-0.15, -0.1) is 12.4 Å². The number of hydrogen-bond donors (Lipinski definition) is 1. The molecule has 0 aliphatic heterocycles. The molecule has 4 heteroatoms. The first kappa shape index (κ1) is 17.3. The number of ether oxygens (including phenoxy) is 2. The molecule has 1 N–H and O–H groups in total. The van der Waals surface area contributed by atoms with E-state index in [1.807, 2.05) is 24.3 Å². The van der Waals surface area contributed by atoms with Gasteiger partial charge in [-0.25, -0.2) is 0 Å². The Kier molecular flexibility index (Phi) is 7.06. The van der Waals surface area contributed by atoms with Crippen molar-refractivity contribution >= 4 is 12.4 Å². The van der Waals surface area contributed by atoms with Gasteiger partial charge in [0.25, 0.3) is 0 Å². The number of hydrogen-bond acceptors (Lipinski definition) is 3. The molecule has 0 aliphatic carbocycles. The van der Waals surface area contributed by atoms with Gasteiger partial charge < -0.3 is 14.8 Å². The van der Waals surface area contributed by atoms with Gasteiger partial charge >= 0.3 is 0 Å². The van der Waals surface area contributed by atoms with Crippen LogP contribution < -0.4 is 14.8 Å². The molecule has 2 aromatic rings. The monoisotopic (exact) mass is 307 g/mol. The molecule has 0 aromatic heterocycles. The van der Waals surface area contributed by atoms with Crippen LogP contribution in [0.2, 0.25) is 0 Å². The Morgan fingerprint density at radius 3 is 2.24 bits per heavy atom. The van der Waals surface area contributed by atoms with Gasteiger partial charge in [0.05, 0.1) is 14.2 Å². The lowest BCUT2D eigenvalue weighted by molar-refractivity contribution is 0.354. The Labute approximate surface area is 132 Å². The Morgan fingerprint density at radius 2 is 1.62 bits per heavy atom. The predicted molar refractivity (Wildman–Crippen MR) is 88.5 cm³/mol. The summed E-state index contributed by atoms with van der Waals surface area (Å²) in [6.45, 7) is 2.95. The minimum atomic E-state index is 0. The van der Waals surface area contributed by atoms with Gasteiger partial charge in [0.1, 0.15) is 0 Å². The summed E-state index contributed by atoms with van der Waals surface area (Å²) in [5.74, 6) is 1.52. The van der Waals surface area contributed by atoms with Crippen molar-refractivity contribution in [3.8, 4) is 11.5 Å². The summed E-state index contributed by atoms with van der Waals surface area (Å²) in [5, 5.41) is 3.51. The second-order valence-corrected chi connectivity index (χ2v) is 4.70. The van der Waals surface area contributed by atoms with Crippen LogP contribution in [0.5, 0.6) is 11.5 Å². The zero-order valence-corrected chi connectivity index (χ0v) is 13.4. The molecule has 0 heterocycles. The molecular formula is C17H22ClNO2. The third kappa shape index (κ3) is 4.66. The van der Waals surface area contributed by atoms with Crippen LogP contribution in [0.1, 0.15) is 24.1 Å². The third-order valence-corrected chi connectivity index (χ3v) is 3.36. The van der Waals surface area contributed by atoms with Crippen LogP contribution in [0.25, 0.3) is 0 Å². The highest BCUT2D eigenvalue weighted by molar-refractivity contribution is 5.85. The summed E-state index contributed by atoms with van der Waals surface area (Å²) in [6, 6.07) is 16.7. The summed E-state index contributed by atoms with van der Waals surface area (Å²) in [5.41, 5.74) is 2.46. The smallest absolute Gasteiger partial charge is 0.161 e. The van der Waals surface area contributed by atoms with Crippen LogP contribution in [-0.2, 0) is 6.54 Å². The first-order valence-electron chi connectivity index (χ1n) is 6.74. The summed E-state index contributed by atoms with van der Waals surface area (Å²) in [4.78, 5) is 0. The Morgan fingerprint density at radius 1 is 0.952 bits per heavy atom. The number of rotatable bonds is 6. The SMILES string of the molecule is COc1ccc(CN[C@H](C)c2ccccc2)cc1OC.Cl. The van der Waals surface area contributed by atoms with Gasteiger partial charge in [0.2, 0.25) is 0 Å². The largest absolute Gasteiger partial charge is 0.493 e. The average molecular weight is 308 g/mol. The quantitative estimate of drug-likeness (QED) is 0.875. The number of methoxy groups -OCH3 is 2. The maximum absolute atomic E-state index is 5.32. The van der Waals surface area contributed by atoms with Crippen molar-refractivity contribution in [1.82, 2.24) is 5.32 Å². The highest BCUT2D eigenvalue weighted by Crippen LogP contribution is 2.27. The van der Waals surface area contributed by atoms with Crippen molar-refractivity contribution in [3.63, 3.8) is 0 Å². The zero-order valence-electron chi connectivity index (χ0n) is 12.6. The maximum atomic E-state index is 5.32. The Bertz CT molecular complexity index is 546. The van der Waals surface area contributed by atoms with Crippen molar-refractivity contribution < 1.29 is 9.47 Å². The minimum absolute atomic E-state index is 0. The van der Waals surface area contributed by atoms with Crippen LogP contribution in [0.4, 0.5) is 0 Å². The molecule has 2 aromatic carbocycles. The van der Waals surface area contributed by atoms with Gasteiger partial charge in [0, 0.05) is 12.6 Å². The number of nitrogens with one attached hydrogen (secondary N) is 1. The molecule has 21 heavy (non-hydrogen) atoms. The molecule has 0 radical (unpaired) electrons. The number of benzene rings is 2. The maximum Gasteiger partial charge on any atom is 0.161 e. The molecule has 0 unspecified atom stereocenters. The molecule has 2 rings (SSSR count). The minimum Gasteiger partial charge on any atom is -0.493 e. The van der Waals surface area contributed by atoms with E-state index in [4.69, 9.17) is 9.47 Å². The summed E-state index contributed by atoms with van der Waals surface area (Å²) >= 11 is 0. The van der Waals surface area contributed by atoms with E-state index in [0.717, 1.165) is 18.0 Å². The predicted octanol–water partition coefficient (Wildman–Crippen LogP) is 3.98. The first-order chi connectivity index (χ1) is 9.74. The standard InChI is InChI=1S/C17H21NO2.ClH/c1-13(15-7-5-4-6-8-15)18-12-14-9-10-16(19-2)17(11-14)20-3;/h4-11,13,18H,12H2,1-3H3;1H/t13-;/m1./s1.